The van der Waals surface area contributed by atoms with Crippen molar-refractivity contribution in [3.05, 3.63) is 64.9 Å². The van der Waals surface area contributed by atoms with Crippen molar-refractivity contribution in [1.29, 1.82) is 0 Å². The number of hydrogen-bond donors (Lipinski definition) is 0. The Morgan fingerprint density at radius 1 is 1.07 bits per heavy atom. The largest absolute Gasteiger partial charge is 0.497 e. The minimum Gasteiger partial charge on any atom is -0.497 e. The summed E-state index contributed by atoms with van der Waals surface area (Å²) >= 11 is 0. The highest BCUT2D eigenvalue weighted by Crippen LogP contribution is 2.24. The van der Waals surface area contributed by atoms with E-state index in [2.05, 4.69) is 11.9 Å². The number of nitrogens with zero attached hydrogens (tertiary/aromatic N) is 1. The van der Waals surface area contributed by atoms with Crippen LogP contribution in [0.5, 0.6) is 11.5 Å². The molecule has 0 aromatic heterocycles. The van der Waals surface area contributed by atoms with E-state index in [4.69, 9.17) is 14.2 Å². The molecule has 5 heteroatoms. The summed E-state index contributed by atoms with van der Waals surface area (Å²) in [6, 6.07) is 13.6. The van der Waals surface area contributed by atoms with Gasteiger partial charge in [-0.2, -0.15) is 0 Å². The Labute approximate surface area is 159 Å². The van der Waals surface area contributed by atoms with E-state index in [1.807, 2.05) is 42.5 Å². The fourth-order valence-corrected chi connectivity index (χ4v) is 2.96. The molecular weight excluding hydrogens is 342 g/mol. The molecule has 0 atom stereocenters. The Balaban J connectivity index is 1.72. The predicted molar refractivity (Wildman–Crippen MR) is 105 cm³/mol. The number of cyclic esters (lactones) is 1. The van der Waals surface area contributed by atoms with Crippen LogP contribution >= 0.6 is 0 Å². The number of ether oxygens (including phenoxy) is 3. The third-order valence-corrected chi connectivity index (χ3v) is 4.42. The third kappa shape index (κ3) is 4.56. The van der Waals surface area contributed by atoms with Crippen LogP contribution in [0.4, 0.5) is 0 Å². The van der Waals surface area contributed by atoms with Gasteiger partial charge in [-0.25, -0.2) is 9.79 Å². The number of aryl methyl sites for hydroxylation is 2. The van der Waals surface area contributed by atoms with Crippen molar-refractivity contribution in [2.75, 3.05) is 14.2 Å². The molecule has 1 aliphatic heterocycles. The number of carbonyl (C=O) groups is 1. The minimum absolute atomic E-state index is 0.322. The number of methoxy groups -OCH3 is 2. The molecule has 0 saturated carbocycles. The van der Waals surface area contributed by atoms with Gasteiger partial charge in [0.15, 0.2) is 11.6 Å². The average molecular weight is 365 g/mol. The Bertz CT molecular complexity index is 899. The second-order valence-electron chi connectivity index (χ2n) is 6.20. The Morgan fingerprint density at radius 2 is 1.93 bits per heavy atom. The van der Waals surface area contributed by atoms with Gasteiger partial charge in [0.1, 0.15) is 11.5 Å². The fraction of sp³-hybridized carbons (Fsp3) is 0.273. The molecule has 0 amide bonds. The van der Waals surface area contributed by atoms with Gasteiger partial charge in [-0.15, -0.1) is 0 Å². The molecule has 1 aliphatic rings. The summed E-state index contributed by atoms with van der Waals surface area (Å²) in [7, 11) is 3.29. The van der Waals surface area contributed by atoms with Gasteiger partial charge in [-0.3, -0.25) is 0 Å². The molecule has 0 bridgehead atoms. The molecule has 0 unspecified atom stereocenters. The Kier molecular flexibility index (Phi) is 5.91. The van der Waals surface area contributed by atoms with Gasteiger partial charge in [0, 0.05) is 6.42 Å². The maximum Gasteiger partial charge on any atom is 0.363 e. The number of aliphatic imine (C=N–C) groups is 1. The van der Waals surface area contributed by atoms with Crippen molar-refractivity contribution in [1.82, 2.24) is 0 Å². The van der Waals surface area contributed by atoms with Crippen LogP contribution in [0.15, 0.2) is 53.2 Å². The molecule has 5 nitrogen and oxygen atoms in total. The summed E-state index contributed by atoms with van der Waals surface area (Å²) in [6.07, 6.45) is 3.87. The van der Waals surface area contributed by atoms with Crippen LogP contribution in [-0.4, -0.2) is 26.1 Å². The van der Waals surface area contributed by atoms with Crippen molar-refractivity contribution in [3.63, 3.8) is 0 Å². The number of benzene rings is 2. The van der Waals surface area contributed by atoms with Crippen molar-refractivity contribution >= 4 is 17.9 Å². The maximum atomic E-state index is 12.1. The maximum absolute atomic E-state index is 12.1. The fourth-order valence-electron chi connectivity index (χ4n) is 2.96. The summed E-state index contributed by atoms with van der Waals surface area (Å²) in [5, 5.41) is 0. The minimum atomic E-state index is -0.412. The van der Waals surface area contributed by atoms with Crippen LogP contribution in [-0.2, 0) is 22.4 Å². The van der Waals surface area contributed by atoms with Crippen LogP contribution < -0.4 is 9.47 Å². The van der Waals surface area contributed by atoms with Crippen molar-refractivity contribution < 1.29 is 19.0 Å². The normalized spacial score (nSPS) is 14.9. The van der Waals surface area contributed by atoms with Gasteiger partial charge in [-0.05, 0) is 59.9 Å². The van der Waals surface area contributed by atoms with E-state index in [0.717, 1.165) is 41.0 Å². The van der Waals surface area contributed by atoms with Crippen molar-refractivity contribution in [3.8, 4) is 11.5 Å². The van der Waals surface area contributed by atoms with Crippen LogP contribution in [0.25, 0.3) is 6.08 Å². The second-order valence-corrected chi connectivity index (χ2v) is 6.20. The number of carbonyl (C=O) groups excluding carboxylic acids is 1. The Morgan fingerprint density at radius 3 is 2.67 bits per heavy atom. The average Bonchev–Trinajstić information content (AvgIpc) is 3.05. The highest BCUT2D eigenvalue weighted by molar-refractivity contribution is 6.07. The lowest BCUT2D eigenvalue weighted by Crippen LogP contribution is -2.05. The van der Waals surface area contributed by atoms with Gasteiger partial charge in [0.25, 0.3) is 0 Å². The monoisotopic (exact) mass is 365 g/mol. The lowest BCUT2D eigenvalue weighted by Gasteiger charge is -2.07. The first kappa shape index (κ1) is 18.7. The zero-order valence-corrected chi connectivity index (χ0v) is 15.8. The quantitative estimate of drug-likeness (QED) is 0.545. The number of rotatable bonds is 7. The molecule has 0 spiro atoms. The van der Waals surface area contributed by atoms with Crippen LogP contribution in [0.2, 0.25) is 0 Å². The van der Waals surface area contributed by atoms with Gasteiger partial charge in [0.2, 0.25) is 0 Å². The third-order valence-electron chi connectivity index (χ3n) is 4.42. The van der Waals surface area contributed by atoms with Crippen LogP contribution in [0, 0.1) is 0 Å². The highest BCUT2D eigenvalue weighted by atomic mass is 16.6. The molecule has 0 aliphatic carbocycles. The summed E-state index contributed by atoms with van der Waals surface area (Å²) < 4.78 is 15.9. The Hall–Kier alpha value is -3.08. The summed E-state index contributed by atoms with van der Waals surface area (Å²) in [5.41, 5.74) is 3.41. The molecule has 3 rings (SSSR count). The van der Waals surface area contributed by atoms with E-state index in [0.29, 0.717) is 18.0 Å². The van der Waals surface area contributed by atoms with E-state index in [9.17, 15) is 4.79 Å². The van der Waals surface area contributed by atoms with E-state index in [1.54, 1.807) is 20.3 Å². The number of hydrogen-bond acceptors (Lipinski definition) is 5. The van der Waals surface area contributed by atoms with Crippen molar-refractivity contribution in [2.45, 2.75) is 26.2 Å². The first-order valence-corrected chi connectivity index (χ1v) is 8.94. The molecule has 2 aromatic rings. The van der Waals surface area contributed by atoms with E-state index < -0.39 is 5.97 Å². The van der Waals surface area contributed by atoms with Crippen LogP contribution in [0.3, 0.4) is 0 Å². The summed E-state index contributed by atoms with van der Waals surface area (Å²) in [4.78, 5) is 16.5. The first-order valence-electron chi connectivity index (χ1n) is 8.94. The van der Waals surface area contributed by atoms with E-state index in [1.165, 1.54) is 0 Å². The number of esters is 1. The molecule has 140 valence electrons. The van der Waals surface area contributed by atoms with Gasteiger partial charge >= 0.3 is 5.97 Å². The molecule has 0 N–H and O–H groups in total. The summed E-state index contributed by atoms with van der Waals surface area (Å²) in [6.45, 7) is 2.06. The molecular formula is C22H23NO4. The van der Waals surface area contributed by atoms with E-state index >= 15 is 0 Å². The molecule has 1 heterocycles. The zero-order chi connectivity index (χ0) is 19.2. The SMILES string of the molecule is CCc1cc(/C=C2/N=C(CCc3cccc(OC)c3)OC2=O)ccc1OC. The molecule has 0 radical (unpaired) electrons. The summed E-state index contributed by atoms with van der Waals surface area (Å²) in [5.74, 6) is 1.68. The molecule has 0 saturated heterocycles. The van der Waals surface area contributed by atoms with E-state index in [-0.39, 0.29) is 0 Å². The van der Waals surface area contributed by atoms with Crippen molar-refractivity contribution in [2.24, 2.45) is 4.99 Å². The second kappa shape index (κ2) is 8.54. The first-order chi connectivity index (χ1) is 13.1. The molecule has 0 fully saturated rings. The lowest BCUT2D eigenvalue weighted by molar-refractivity contribution is -0.130. The van der Waals surface area contributed by atoms with Gasteiger partial charge < -0.3 is 14.2 Å². The van der Waals surface area contributed by atoms with Gasteiger partial charge in [0.05, 0.1) is 14.2 Å². The van der Waals surface area contributed by atoms with Gasteiger partial charge in [-0.1, -0.05) is 25.1 Å². The topological polar surface area (TPSA) is 57.1 Å². The van der Waals surface area contributed by atoms with Crippen LogP contribution in [0.1, 0.15) is 30.0 Å². The zero-order valence-electron chi connectivity index (χ0n) is 15.8. The lowest BCUT2D eigenvalue weighted by atomic mass is 10.1. The highest BCUT2D eigenvalue weighted by Gasteiger charge is 2.22. The molecule has 27 heavy (non-hydrogen) atoms. The predicted octanol–water partition coefficient (Wildman–Crippen LogP) is 4.20. The molecule has 2 aromatic carbocycles. The standard InChI is InChI=1S/C22H23NO4/c1-4-17-12-16(8-10-20(17)26-3)14-19-22(24)27-21(23-19)11-9-15-6-5-7-18(13-15)25-2/h5-8,10,12-14H,4,9,11H2,1-3H3/b19-14+. The smallest absolute Gasteiger partial charge is 0.363 e.